The third kappa shape index (κ3) is 4.61. The molecule has 0 aliphatic rings. The smallest absolute Gasteiger partial charge is 0.0471 e. The molecule has 0 fully saturated rings. The summed E-state index contributed by atoms with van der Waals surface area (Å²) in [6.07, 6.45) is 0.680. The lowest BCUT2D eigenvalue weighted by molar-refractivity contribution is 0.299. The monoisotopic (exact) mass is 421 g/mol. The van der Waals surface area contributed by atoms with Crippen LogP contribution in [0.1, 0.15) is 27.8 Å². The quantitative estimate of drug-likeness (QED) is 0.347. The zero-order chi connectivity index (χ0) is 22.7. The molecule has 0 aliphatic heterocycles. The second kappa shape index (κ2) is 9.42. The van der Waals surface area contributed by atoms with Crippen LogP contribution in [0.5, 0.6) is 0 Å². The Morgan fingerprint density at radius 1 is 0.562 bits per heavy atom. The van der Waals surface area contributed by atoms with Gasteiger partial charge in [-0.2, -0.15) is 0 Å². The standard InChI is InChI=1S/C30H31NO/c1-21-8-12-29(18-23(21)3)31(30-13-9-22(2)24(4)19-30)28-14-10-26(11-15-28)27-7-5-6-25(20-27)16-17-32/h5-15,18-20,32H,16-17H2,1-4H3. The molecule has 162 valence electrons. The van der Waals surface area contributed by atoms with Crippen molar-refractivity contribution in [3.8, 4) is 11.1 Å². The molecular formula is C30H31NO. The van der Waals surface area contributed by atoms with Gasteiger partial charge in [0.25, 0.3) is 0 Å². The van der Waals surface area contributed by atoms with Crippen molar-refractivity contribution in [3.63, 3.8) is 0 Å². The molecule has 2 nitrogen and oxygen atoms in total. The average molecular weight is 422 g/mol. The molecule has 0 saturated heterocycles. The molecule has 4 aromatic rings. The Balaban J connectivity index is 1.76. The minimum absolute atomic E-state index is 0.170. The molecule has 1 N–H and O–H groups in total. The van der Waals surface area contributed by atoms with Crippen molar-refractivity contribution >= 4 is 17.1 Å². The maximum atomic E-state index is 9.26. The van der Waals surface area contributed by atoms with E-state index in [9.17, 15) is 5.11 Å². The molecule has 0 aliphatic carbocycles. The van der Waals surface area contributed by atoms with Crippen LogP contribution in [-0.4, -0.2) is 11.7 Å². The predicted molar refractivity (Wildman–Crippen MR) is 136 cm³/mol. The summed E-state index contributed by atoms with van der Waals surface area (Å²) < 4.78 is 0. The minimum Gasteiger partial charge on any atom is -0.396 e. The number of rotatable bonds is 6. The fourth-order valence-corrected chi connectivity index (χ4v) is 4.02. The third-order valence-corrected chi connectivity index (χ3v) is 6.28. The number of aliphatic hydroxyl groups excluding tert-OH is 1. The van der Waals surface area contributed by atoms with Crippen LogP contribution in [0.15, 0.2) is 84.9 Å². The summed E-state index contributed by atoms with van der Waals surface area (Å²) in [5.74, 6) is 0. The molecule has 0 aromatic heterocycles. The lowest BCUT2D eigenvalue weighted by Crippen LogP contribution is -2.10. The first-order chi connectivity index (χ1) is 15.5. The van der Waals surface area contributed by atoms with Crippen LogP contribution in [-0.2, 0) is 6.42 Å². The maximum absolute atomic E-state index is 9.26. The number of aryl methyl sites for hydroxylation is 4. The van der Waals surface area contributed by atoms with Gasteiger partial charge in [0.1, 0.15) is 0 Å². The number of nitrogens with zero attached hydrogens (tertiary/aromatic N) is 1. The van der Waals surface area contributed by atoms with Gasteiger partial charge < -0.3 is 10.0 Å². The number of aliphatic hydroxyl groups is 1. The Kier molecular flexibility index (Phi) is 6.43. The number of hydrogen-bond donors (Lipinski definition) is 1. The van der Waals surface area contributed by atoms with Crippen molar-refractivity contribution in [1.82, 2.24) is 0 Å². The molecule has 0 saturated carbocycles. The maximum Gasteiger partial charge on any atom is 0.0471 e. The Hall–Kier alpha value is -3.36. The van der Waals surface area contributed by atoms with Gasteiger partial charge in [0.2, 0.25) is 0 Å². The van der Waals surface area contributed by atoms with Crippen LogP contribution in [0, 0.1) is 27.7 Å². The Labute approximate surface area is 191 Å². The number of benzene rings is 4. The largest absolute Gasteiger partial charge is 0.396 e. The Bertz CT molecular complexity index is 1170. The van der Waals surface area contributed by atoms with E-state index in [0.717, 1.165) is 22.6 Å². The van der Waals surface area contributed by atoms with Crippen molar-refractivity contribution in [2.24, 2.45) is 0 Å². The van der Waals surface area contributed by atoms with Crippen LogP contribution >= 0.6 is 0 Å². The molecule has 4 aromatic carbocycles. The van der Waals surface area contributed by atoms with Crippen molar-refractivity contribution in [1.29, 1.82) is 0 Å². The summed E-state index contributed by atoms with van der Waals surface area (Å²) in [5.41, 5.74) is 12.1. The van der Waals surface area contributed by atoms with Crippen LogP contribution in [0.25, 0.3) is 11.1 Å². The summed E-state index contributed by atoms with van der Waals surface area (Å²) in [4.78, 5) is 2.32. The van der Waals surface area contributed by atoms with E-state index in [-0.39, 0.29) is 6.61 Å². The van der Waals surface area contributed by atoms with E-state index < -0.39 is 0 Å². The molecule has 0 bridgehead atoms. The van der Waals surface area contributed by atoms with Gasteiger partial charge in [0, 0.05) is 23.7 Å². The van der Waals surface area contributed by atoms with Gasteiger partial charge in [0.05, 0.1) is 0 Å². The highest BCUT2D eigenvalue weighted by Gasteiger charge is 2.14. The summed E-state index contributed by atoms with van der Waals surface area (Å²) in [5, 5.41) is 9.26. The first-order valence-corrected chi connectivity index (χ1v) is 11.2. The highest BCUT2D eigenvalue weighted by Crippen LogP contribution is 2.37. The van der Waals surface area contributed by atoms with Crippen LogP contribution < -0.4 is 4.90 Å². The SMILES string of the molecule is Cc1ccc(N(c2ccc(-c3cccc(CCO)c3)cc2)c2ccc(C)c(C)c2)cc1C. The summed E-state index contributed by atoms with van der Waals surface area (Å²) in [7, 11) is 0. The van der Waals surface area contributed by atoms with E-state index in [1.54, 1.807) is 0 Å². The van der Waals surface area contributed by atoms with Gasteiger partial charge in [0.15, 0.2) is 0 Å². The zero-order valence-electron chi connectivity index (χ0n) is 19.4. The summed E-state index contributed by atoms with van der Waals surface area (Å²) in [6, 6.07) is 30.5. The summed E-state index contributed by atoms with van der Waals surface area (Å²) in [6.45, 7) is 8.81. The van der Waals surface area contributed by atoms with Crippen molar-refractivity contribution < 1.29 is 5.11 Å². The van der Waals surface area contributed by atoms with E-state index in [0.29, 0.717) is 6.42 Å². The lowest BCUT2D eigenvalue weighted by Gasteiger charge is -2.27. The average Bonchev–Trinajstić information content (AvgIpc) is 2.80. The molecule has 0 amide bonds. The van der Waals surface area contributed by atoms with E-state index >= 15 is 0 Å². The summed E-state index contributed by atoms with van der Waals surface area (Å²) >= 11 is 0. The van der Waals surface area contributed by atoms with Crippen molar-refractivity contribution in [3.05, 3.63) is 113 Å². The normalized spacial score (nSPS) is 10.9. The molecule has 0 atom stereocenters. The fourth-order valence-electron chi connectivity index (χ4n) is 4.02. The van der Waals surface area contributed by atoms with E-state index in [1.807, 2.05) is 0 Å². The Morgan fingerprint density at radius 3 is 1.66 bits per heavy atom. The topological polar surface area (TPSA) is 23.5 Å². The molecule has 2 heteroatoms. The van der Waals surface area contributed by atoms with E-state index in [2.05, 4.69) is 118 Å². The highest BCUT2D eigenvalue weighted by atomic mass is 16.2. The van der Waals surface area contributed by atoms with Gasteiger partial charge in [-0.15, -0.1) is 0 Å². The van der Waals surface area contributed by atoms with Crippen molar-refractivity contribution in [2.75, 3.05) is 11.5 Å². The van der Waals surface area contributed by atoms with Gasteiger partial charge in [-0.3, -0.25) is 0 Å². The van der Waals surface area contributed by atoms with Crippen LogP contribution in [0.2, 0.25) is 0 Å². The van der Waals surface area contributed by atoms with Crippen LogP contribution in [0.3, 0.4) is 0 Å². The highest BCUT2D eigenvalue weighted by molar-refractivity contribution is 5.79. The molecule has 0 radical (unpaired) electrons. The molecule has 4 rings (SSSR count). The molecule has 0 spiro atoms. The molecule has 0 unspecified atom stereocenters. The van der Waals surface area contributed by atoms with Gasteiger partial charge in [-0.1, -0.05) is 48.5 Å². The Morgan fingerprint density at radius 2 is 1.12 bits per heavy atom. The number of anilines is 3. The fraction of sp³-hybridized carbons (Fsp3) is 0.200. The lowest BCUT2D eigenvalue weighted by atomic mass is 10.0. The number of hydrogen-bond acceptors (Lipinski definition) is 2. The van der Waals surface area contributed by atoms with Crippen molar-refractivity contribution in [2.45, 2.75) is 34.1 Å². The third-order valence-electron chi connectivity index (χ3n) is 6.28. The minimum atomic E-state index is 0.170. The van der Waals surface area contributed by atoms with E-state index in [1.165, 1.54) is 33.4 Å². The first kappa shape index (κ1) is 21.9. The first-order valence-electron chi connectivity index (χ1n) is 11.2. The second-order valence-corrected chi connectivity index (χ2v) is 8.59. The predicted octanol–water partition coefficient (Wildman–Crippen LogP) is 7.59. The second-order valence-electron chi connectivity index (χ2n) is 8.59. The van der Waals surface area contributed by atoms with Gasteiger partial charge in [-0.25, -0.2) is 0 Å². The van der Waals surface area contributed by atoms with Gasteiger partial charge in [-0.05, 0) is 109 Å². The molecule has 0 heterocycles. The van der Waals surface area contributed by atoms with Gasteiger partial charge >= 0.3 is 0 Å². The van der Waals surface area contributed by atoms with Crippen LogP contribution in [0.4, 0.5) is 17.1 Å². The van der Waals surface area contributed by atoms with E-state index in [4.69, 9.17) is 0 Å². The molecular weight excluding hydrogens is 390 g/mol. The molecule has 32 heavy (non-hydrogen) atoms. The zero-order valence-corrected chi connectivity index (χ0v) is 19.4.